The van der Waals surface area contributed by atoms with E-state index < -0.39 is 5.97 Å². The molecule has 6 heteroatoms. The first-order chi connectivity index (χ1) is 15.4. The highest BCUT2D eigenvalue weighted by atomic mass is 35.5. The molecule has 0 spiro atoms. The minimum absolute atomic E-state index is 0.0638. The number of carboxylic acid groups (broad SMARTS) is 1. The summed E-state index contributed by atoms with van der Waals surface area (Å²) in [5, 5.41) is 9.84. The number of hydrogen-bond acceptors (Lipinski definition) is 3. The van der Waals surface area contributed by atoms with Crippen LogP contribution in [-0.4, -0.2) is 22.4 Å². The fourth-order valence-electron chi connectivity index (χ4n) is 3.65. The van der Waals surface area contributed by atoms with Crippen molar-refractivity contribution in [2.75, 3.05) is 4.90 Å². The molecule has 0 fully saturated rings. The summed E-state index contributed by atoms with van der Waals surface area (Å²) in [5.41, 5.74) is 3.41. The Morgan fingerprint density at radius 2 is 1.81 bits per heavy atom. The van der Waals surface area contributed by atoms with Crippen LogP contribution in [0, 0.1) is 6.92 Å². The van der Waals surface area contributed by atoms with Crippen molar-refractivity contribution < 1.29 is 14.7 Å². The van der Waals surface area contributed by atoms with E-state index in [9.17, 15) is 14.7 Å². The van der Waals surface area contributed by atoms with Crippen LogP contribution in [0.25, 0.3) is 10.4 Å². The quantitative estimate of drug-likeness (QED) is 0.321. The van der Waals surface area contributed by atoms with E-state index in [0.717, 1.165) is 34.4 Å². The van der Waals surface area contributed by atoms with E-state index in [1.165, 1.54) is 11.3 Å². The van der Waals surface area contributed by atoms with E-state index >= 15 is 0 Å². The molecule has 1 heterocycles. The number of thiophene rings is 1. The highest BCUT2D eigenvalue weighted by molar-refractivity contribution is 7.18. The van der Waals surface area contributed by atoms with Gasteiger partial charge < -0.3 is 10.0 Å². The Hall–Kier alpha value is -2.63. The topological polar surface area (TPSA) is 57.6 Å². The van der Waals surface area contributed by atoms with E-state index in [-0.39, 0.29) is 22.6 Å². The van der Waals surface area contributed by atoms with E-state index in [4.69, 9.17) is 11.6 Å². The standard InChI is InChI=1S/C26H28ClNO3S/c1-3-8-21(27)13-14-24(29)28(17-19-10-7-9-18(2)15-19)22-16-23(32-25(22)26(30)31)20-11-5-4-6-12-20/h4-7,9-12,15-16,21H,3,8,13-14,17H2,1-2H3,(H,30,31). The minimum Gasteiger partial charge on any atom is -0.477 e. The number of aromatic carboxylic acids is 1. The molecule has 2 aromatic carbocycles. The lowest BCUT2D eigenvalue weighted by atomic mass is 10.1. The SMILES string of the molecule is CCCC(Cl)CCC(=O)N(Cc1cccc(C)c1)c1cc(-c2ccccc2)sc1C(=O)O. The van der Waals surface area contributed by atoms with Crippen LogP contribution in [0.5, 0.6) is 0 Å². The molecule has 0 bridgehead atoms. The summed E-state index contributed by atoms with van der Waals surface area (Å²) < 4.78 is 0. The molecule has 32 heavy (non-hydrogen) atoms. The average Bonchev–Trinajstić information content (AvgIpc) is 3.22. The maximum Gasteiger partial charge on any atom is 0.348 e. The molecule has 1 amide bonds. The number of carbonyl (C=O) groups is 2. The van der Waals surface area contributed by atoms with Gasteiger partial charge in [-0.15, -0.1) is 22.9 Å². The van der Waals surface area contributed by atoms with Crippen LogP contribution >= 0.6 is 22.9 Å². The number of rotatable bonds is 10. The highest BCUT2D eigenvalue weighted by Gasteiger charge is 2.26. The predicted molar refractivity (Wildman–Crippen MR) is 133 cm³/mol. The number of alkyl halides is 1. The third-order valence-corrected chi connectivity index (χ3v) is 6.85. The zero-order valence-corrected chi connectivity index (χ0v) is 20.0. The summed E-state index contributed by atoms with van der Waals surface area (Å²) in [6, 6.07) is 19.4. The van der Waals surface area contributed by atoms with Crippen molar-refractivity contribution in [1.29, 1.82) is 0 Å². The normalized spacial score (nSPS) is 11.8. The number of hydrogen-bond donors (Lipinski definition) is 1. The lowest BCUT2D eigenvalue weighted by Gasteiger charge is -2.23. The maximum atomic E-state index is 13.3. The molecule has 0 aliphatic heterocycles. The van der Waals surface area contributed by atoms with Gasteiger partial charge in [0.1, 0.15) is 4.88 Å². The monoisotopic (exact) mass is 469 g/mol. The smallest absolute Gasteiger partial charge is 0.348 e. The first-order valence-electron chi connectivity index (χ1n) is 10.8. The van der Waals surface area contributed by atoms with Crippen molar-refractivity contribution in [3.8, 4) is 10.4 Å². The Kier molecular flexibility index (Phi) is 8.48. The van der Waals surface area contributed by atoms with Crippen molar-refractivity contribution in [2.45, 2.75) is 51.5 Å². The predicted octanol–water partition coefficient (Wildman–Crippen LogP) is 7.14. The zero-order valence-electron chi connectivity index (χ0n) is 18.4. The number of carboxylic acids is 1. The Morgan fingerprint density at radius 1 is 1.06 bits per heavy atom. The molecule has 3 aromatic rings. The summed E-state index contributed by atoms with van der Waals surface area (Å²) in [5.74, 6) is -1.15. The van der Waals surface area contributed by atoms with Gasteiger partial charge in [-0.3, -0.25) is 4.79 Å². The number of carbonyl (C=O) groups excluding carboxylic acids is 1. The van der Waals surface area contributed by atoms with Gasteiger partial charge in [0.2, 0.25) is 5.91 Å². The van der Waals surface area contributed by atoms with Crippen LogP contribution in [0.4, 0.5) is 5.69 Å². The molecule has 3 rings (SSSR count). The van der Waals surface area contributed by atoms with E-state index in [1.807, 2.05) is 67.6 Å². The van der Waals surface area contributed by atoms with Crippen LogP contribution in [0.3, 0.4) is 0 Å². The second-order valence-corrected chi connectivity index (χ2v) is 9.56. The number of halogens is 1. The van der Waals surface area contributed by atoms with Gasteiger partial charge in [0.05, 0.1) is 12.2 Å². The van der Waals surface area contributed by atoms with E-state index in [0.29, 0.717) is 18.7 Å². The van der Waals surface area contributed by atoms with Crippen molar-refractivity contribution in [2.24, 2.45) is 0 Å². The minimum atomic E-state index is -1.03. The maximum absolute atomic E-state index is 13.3. The molecule has 0 radical (unpaired) electrons. The molecule has 1 atom stereocenters. The van der Waals surface area contributed by atoms with Crippen LogP contribution in [0.1, 0.15) is 53.4 Å². The lowest BCUT2D eigenvalue weighted by molar-refractivity contribution is -0.118. The average molecular weight is 470 g/mol. The van der Waals surface area contributed by atoms with Gasteiger partial charge in [-0.1, -0.05) is 73.5 Å². The van der Waals surface area contributed by atoms with E-state index in [2.05, 4.69) is 6.92 Å². The molecule has 168 valence electrons. The van der Waals surface area contributed by atoms with Crippen LogP contribution in [0.2, 0.25) is 0 Å². The van der Waals surface area contributed by atoms with Gasteiger partial charge in [0, 0.05) is 16.7 Å². The van der Waals surface area contributed by atoms with Crippen molar-refractivity contribution in [3.63, 3.8) is 0 Å². The summed E-state index contributed by atoms with van der Waals surface area (Å²) in [7, 11) is 0. The zero-order chi connectivity index (χ0) is 23.1. The van der Waals surface area contributed by atoms with Gasteiger partial charge in [0.25, 0.3) is 0 Å². The number of benzene rings is 2. The molecule has 1 unspecified atom stereocenters. The highest BCUT2D eigenvalue weighted by Crippen LogP contribution is 2.38. The van der Waals surface area contributed by atoms with Gasteiger partial charge >= 0.3 is 5.97 Å². The molecule has 0 aliphatic rings. The number of nitrogens with zero attached hydrogens (tertiary/aromatic N) is 1. The third kappa shape index (κ3) is 6.21. The second-order valence-electron chi connectivity index (χ2n) is 7.89. The number of anilines is 1. The first-order valence-corrected chi connectivity index (χ1v) is 12.1. The molecular weight excluding hydrogens is 442 g/mol. The molecule has 0 saturated carbocycles. The fraction of sp³-hybridized carbons (Fsp3) is 0.308. The summed E-state index contributed by atoms with van der Waals surface area (Å²) in [6.45, 7) is 4.38. The van der Waals surface area contributed by atoms with Gasteiger partial charge in [-0.05, 0) is 37.0 Å². The Balaban J connectivity index is 1.98. The molecule has 1 N–H and O–H groups in total. The molecule has 1 aromatic heterocycles. The molecule has 0 saturated heterocycles. The van der Waals surface area contributed by atoms with Gasteiger partial charge in [-0.2, -0.15) is 0 Å². The fourth-order valence-corrected chi connectivity index (χ4v) is 4.99. The summed E-state index contributed by atoms with van der Waals surface area (Å²) >= 11 is 7.55. The molecular formula is C26H28ClNO3S. The van der Waals surface area contributed by atoms with Crippen LogP contribution < -0.4 is 4.90 Å². The molecule has 0 aliphatic carbocycles. The first kappa shape index (κ1) is 24.0. The van der Waals surface area contributed by atoms with Crippen LogP contribution in [0.15, 0.2) is 60.7 Å². The van der Waals surface area contributed by atoms with Gasteiger partial charge in [-0.25, -0.2) is 4.79 Å². The Bertz CT molecular complexity index is 1060. The molecule has 4 nitrogen and oxygen atoms in total. The number of amides is 1. The van der Waals surface area contributed by atoms with Crippen molar-refractivity contribution >= 4 is 40.5 Å². The van der Waals surface area contributed by atoms with Gasteiger partial charge in [0.15, 0.2) is 0 Å². The van der Waals surface area contributed by atoms with Crippen LogP contribution in [-0.2, 0) is 11.3 Å². The lowest BCUT2D eigenvalue weighted by Crippen LogP contribution is -2.31. The Morgan fingerprint density at radius 3 is 2.47 bits per heavy atom. The largest absolute Gasteiger partial charge is 0.477 e. The number of aryl methyl sites for hydroxylation is 1. The Labute approximate surface area is 198 Å². The van der Waals surface area contributed by atoms with Crippen molar-refractivity contribution in [3.05, 3.63) is 76.7 Å². The third-order valence-electron chi connectivity index (χ3n) is 5.25. The second kappa shape index (κ2) is 11.3. The summed E-state index contributed by atoms with van der Waals surface area (Å²) in [6.07, 6.45) is 2.65. The van der Waals surface area contributed by atoms with Crippen molar-refractivity contribution in [1.82, 2.24) is 0 Å². The van der Waals surface area contributed by atoms with E-state index in [1.54, 1.807) is 4.90 Å². The summed E-state index contributed by atoms with van der Waals surface area (Å²) in [4.78, 5) is 28.0.